The molecule has 0 aliphatic heterocycles. The fourth-order valence-corrected chi connectivity index (χ4v) is 2.63. The van der Waals surface area contributed by atoms with E-state index in [-0.39, 0.29) is 17.4 Å². The van der Waals surface area contributed by atoms with Gasteiger partial charge in [-0.3, -0.25) is 4.79 Å². The van der Waals surface area contributed by atoms with Gasteiger partial charge in [0.25, 0.3) is 5.91 Å². The summed E-state index contributed by atoms with van der Waals surface area (Å²) in [7, 11) is 0. The molecule has 0 aromatic heterocycles. The number of carbonyl (C=O) groups is 2. The van der Waals surface area contributed by atoms with Gasteiger partial charge < -0.3 is 15.2 Å². The van der Waals surface area contributed by atoms with Crippen molar-refractivity contribution >= 4 is 35.1 Å². The van der Waals surface area contributed by atoms with Crippen molar-refractivity contribution in [3.05, 3.63) is 63.6 Å². The van der Waals surface area contributed by atoms with E-state index in [1.54, 1.807) is 25.1 Å². The maximum Gasteiger partial charge on any atom is 0.338 e. The molecule has 7 heteroatoms. The Labute approximate surface area is 149 Å². The van der Waals surface area contributed by atoms with Gasteiger partial charge in [0.1, 0.15) is 5.75 Å². The van der Waals surface area contributed by atoms with Gasteiger partial charge in [-0.15, -0.1) is 0 Å². The first kappa shape index (κ1) is 18.1. The van der Waals surface area contributed by atoms with Crippen LogP contribution in [-0.2, 0) is 9.53 Å². The summed E-state index contributed by atoms with van der Waals surface area (Å²) in [5, 5.41) is 12.9. The minimum absolute atomic E-state index is 0.0556. The molecule has 1 amide bonds. The number of benzene rings is 2. The van der Waals surface area contributed by atoms with Gasteiger partial charge in [0.2, 0.25) is 0 Å². The van der Waals surface area contributed by atoms with Gasteiger partial charge >= 0.3 is 5.97 Å². The van der Waals surface area contributed by atoms with Gasteiger partial charge in [0, 0.05) is 10.0 Å². The van der Waals surface area contributed by atoms with Crippen molar-refractivity contribution in [3.63, 3.8) is 0 Å². The molecule has 5 nitrogen and oxygen atoms in total. The molecule has 1 unspecified atom stereocenters. The van der Waals surface area contributed by atoms with Crippen molar-refractivity contribution in [1.82, 2.24) is 5.32 Å². The lowest BCUT2D eigenvalue weighted by atomic mass is 10.1. The van der Waals surface area contributed by atoms with Crippen LogP contribution in [0.25, 0.3) is 0 Å². The van der Waals surface area contributed by atoms with E-state index < -0.39 is 18.5 Å². The van der Waals surface area contributed by atoms with Gasteiger partial charge in [0.15, 0.2) is 6.61 Å². The molecule has 1 atom stereocenters. The Balaban J connectivity index is 1.90. The number of esters is 1. The summed E-state index contributed by atoms with van der Waals surface area (Å²) < 4.78 is 4.91. The topological polar surface area (TPSA) is 75.6 Å². The Kier molecular flexibility index (Phi) is 6.06. The number of halogens is 2. The molecule has 0 aliphatic carbocycles. The zero-order valence-electron chi connectivity index (χ0n) is 12.8. The molecule has 126 valence electrons. The lowest BCUT2D eigenvalue weighted by molar-refractivity contribution is -0.124. The average molecular weight is 368 g/mol. The summed E-state index contributed by atoms with van der Waals surface area (Å²) >= 11 is 11.9. The van der Waals surface area contributed by atoms with Gasteiger partial charge in [0.05, 0.1) is 11.6 Å². The summed E-state index contributed by atoms with van der Waals surface area (Å²) in [5.41, 5.74) is 0.866. The lowest BCUT2D eigenvalue weighted by Gasteiger charge is -2.16. The summed E-state index contributed by atoms with van der Waals surface area (Å²) in [5.74, 6) is -1.22. The SMILES string of the molecule is CC(NC(=O)COC(=O)c1cccc(O)c1)c1ccc(Cl)cc1Cl. The minimum atomic E-state index is -0.696. The molecule has 0 saturated carbocycles. The molecule has 0 fully saturated rings. The summed E-state index contributed by atoms with van der Waals surface area (Å²) in [6.45, 7) is 1.31. The Morgan fingerprint density at radius 1 is 1.21 bits per heavy atom. The van der Waals surface area contributed by atoms with Crippen LogP contribution < -0.4 is 5.32 Å². The minimum Gasteiger partial charge on any atom is -0.508 e. The first-order valence-electron chi connectivity index (χ1n) is 7.07. The number of rotatable bonds is 5. The number of carbonyl (C=O) groups excluding carboxylic acids is 2. The van der Waals surface area contributed by atoms with Crippen LogP contribution in [0.2, 0.25) is 10.0 Å². The molecule has 24 heavy (non-hydrogen) atoms. The van der Waals surface area contributed by atoms with E-state index in [9.17, 15) is 14.7 Å². The number of hydrogen-bond donors (Lipinski definition) is 2. The van der Waals surface area contributed by atoms with Crippen molar-refractivity contribution in [2.45, 2.75) is 13.0 Å². The second-order valence-corrected chi connectivity index (χ2v) is 5.93. The first-order chi connectivity index (χ1) is 11.4. The molecule has 0 heterocycles. The van der Waals surface area contributed by atoms with Crippen molar-refractivity contribution in [2.75, 3.05) is 6.61 Å². The van der Waals surface area contributed by atoms with E-state index in [2.05, 4.69) is 5.32 Å². The third kappa shape index (κ3) is 4.88. The van der Waals surface area contributed by atoms with Crippen LogP contribution in [0.15, 0.2) is 42.5 Å². The quantitative estimate of drug-likeness (QED) is 0.789. The highest BCUT2D eigenvalue weighted by Gasteiger charge is 2.15. The maximum atomic E-state index is 11.9. The number of amides is 1. The number of phenolic OH excluding ortho intramolecular Hbond substituents is 1. The van der Waals surface area contributed by atoms with Gasteiger partial charge in [-0.05, 0) is 42.8 Å². The normalized spacial score (nSPS) is 11.6. The Morgan fingerprint density at radius 2 is 1.96 bits per heavy atom. The number of ether oxygens (including phenoxy) is 1. The largest absolute Gasteiger partial charge is 0.508 e. The fraction of sp³-hybridized carbons (Fsp3) is 0.176. The molecular weight excluding hydrogens is 353 g/mol. The van der Waals surface area contributed by atoms with E-state index in [0.717, 1.165) is 0 Å². The van der Waals surface area contributed by atoms with Crippen LogP contribution in [0.4, 0.5) is 0 Å². The number of nitrogens with one attached hydrogen (secondary N) is 1. The standard InChI is InChI=1S/C17H15Cl2NO4/c1-10(14-6-5-12(18)8-15(14)19)20-16(22)9-24-17(23)11-3-2-4-13(21)7-11/h2-8,10,21H,9H2,1H3,(H,20,22). The van der Waals surface area contributed by atoms with E-state index in [0.29, 0.717) is 15.6 Å². The molecular formula is C17H15Cl2NO4. The number of hydrogen-bond acceptors (Lipinski definition) is 4. The monoisotopic (exact) mass is 367 g/mol. The van der Waals surface area contributed by atoms with Crippen LogP contribution in [0.5, 0.6) is 5.75 Å². The van der Waals surface area contributed by atoms with Crippen molar-refractivity contribution in [2.24, 2.45) is 0 Å². The molecule has 2 rings (SSSR count). The second kappa shape index (κ2) is 8.04. The van der Waals surface area contributed by atoms with Crippen LogP contribution in [0, 0.1) is 0 Å². The van der Waals surface area contributed by atoms with Crippen LogP contribution >= 0.6 is 23.2 Å². The molecule has 0 radical (unpaired) electrons. The zero-order chi connectivity index (χ0) is 17.7. The van der Waals surface area contributed by atoms with Crippen LogP contribution in [0.1, 0.15) is 28.9 Å². The molecule has 2 aromatic carbocycles. The Bertz CT molecular complexity index is 764. The Morgan fingerprint density at radius 3 is 2.62 bits per heavy atom. The van der Waals surface area contributed by atoms with Crippen molar-refractivity contribution in [3.8, 4) is 5.75 Å². The average Bonchev–Trinajstić information content (AvgIpc) is 2.52. The highest BCUT2D eigenvalue weighted by atomic mass is 35.5. The second-order valence-electron chi connectivity index (χ2n) is 5.08. The van der Waals surface area contributed by atoms with E-state index in [1.807, 2.05) is 0 Å². The van der Waals surface area contributed by atoms with Gasteiger partial charge in [-0.1, -0.05) is 35.3 Å². The molecule has 2 aromatic rings. The third-order valence-electron chi connectivity index (χ3n) is 3.22. The lowest BCUT2D eigenvalue weighted by Crippen LogP contribution is -2.31. The molecule has 0 saturated heterocycles. The van der Waals surface area contributed by atoms with Gasteiger partial charge in [-0.2, -0.15) is 0 Å². The van der Waals surface area contributed by atoms with Crippen LogP contribution in [-0.4, -0.2) is 23.6 Å². The van der Waals surface area contributed by atoms with Crippen molar-refractivity contribution < 1.29 is 19.4 Å². The van der Waals surface area contributed by atoms with Crippen molar-refractivity contribution in [1.29, 1.82) is 0 Å². The highest BCUT2D eigenvalue weighted by molar-refractivity contribution is 6.35. The maximum absolute atomic E-state index is 11.9. The Hall–Kier alpha value is -2.24. The summed E-state index contributed by atoms with van der Waals surface area (Å²) in [6.07, 6.45) is 0. The first-order valence-corrected chi connectivity index (χ1v) is 7.83. The number of aromatic hydroxyl groups is 1. The summed E-state index contributed by atoms with van der Waals surface area (Å²) in [4.78, 5) is 23.7. The third-order valence-corrected chi connectivity index (χ3v) is 3.79. The molecule has 0 aliphatic rings. The molecule has 0 bridgehead atoms. The van der Waals surface area contributed by atoms with E-state index in [4.69, 9.17) is 27.9 Å². The highest BCUT2D eigenvalue weighted by Crippen LogP contribution is 2.26. The summed E-state index contributed by atoms with van der Waals surface area (Å²) in [6, 6.07) is 10.3. The predicted molar refractivity (Wildman–Crippen MR) is 91.4 cm³/mol. The van der Waals surface area contributed by atoms with E-state index in [1.165, 1.54) is 24.3 Å². The smallest absolute Gasteiger partial charge is 0.338 e. The fourth-order valence-electron chi connectivity index (χ4n) is 2.06. The zero-order valence-corrected chi connectivity index (χ0v) is 14.3. The molecule has 0 spiro atoms. The molecule has 2 N–H and O–H groups in total. The van der Waals surface area contributed by atoms with E-state index >= 15 is 0 Å². The van der Waals surface area contributed by atoms with Crippen LogP contribution in [0.3, 0.4) is 0 Å². The number of phenols is 1. The predicted octanol–water partition coefficient (Wildman–Crippen LogP) is 3.73. The van der Waals surface area contributed by atoms with Gasteiger partial charge in [-0.25, -0.2) is 4.79 Å².